The fraction of sp³-hybridized carbons (Fsp3) is 0.0400. The van der Waals surface area contributed by atoms with E-state index in [0.29, 0.717) is 0 Å². The molecule has 29 heavy (non-hydrogen) atoms. The fourth-order valence-corrected chi connectivity index (χ4v) is 2.86. The minimum Gasteiger partial charge on any atom is -0.399 e. The molecule has 0 heterocycles. The SMILES string of the molecule is CNc1ccc(-c2ccc(N)cc2)cc1.Nc1ccc(-c2ccc(N)cc2)cc1. The molecule has 4 heteroatoms. The highest BCUT2D eigenvalue weighted by molar-refractivity contribution is 5.68. The van der Waals surface area contributed by atoms with E-state index in [1.807, 2.05) is 79.8 Å². The third-order valence-corrected chi connectivity index (χ3v) is 4.57. The van der Waals surface area contributed by atoms with Crippen LogP contribution in [0.4, 0.5) is 22.7 Å². The van der Waals surface area contributed by atoms with Crippen LogP contribution in [-0.4, -0.2) is 7.05 Å². The van der Waals surface area contributed by atoms with Gasteiger partial charge in [-0.05, 0) is 70.8 Å². The average Bonchev–Trinajstić information content (AvgIpc) is 2.76. The van der Waals surface area contributed by atoms with Crippen molar-refractivity contribution in [3.63, 3.8) is 0 Å². The molecule has 146 valence electrons. The van der Waals surface area contributed by atoms with E-state index in [1.54, 1.807) is 0 Å². The number of nitrogen functional groups attached to an aromatic ring is 3. The van der Waals surface area contributed by atoms with Gasteiger partial charge in [0, 0.05) is 29.8 Å². The summed E-state index contributed by atoms with van der Waals surface area (Å²) in [5.41, 5.74) is 25.0. The minimum atomic E-state index is 0.782. The molecule has 0 amide bonds. The Morgan fingerprint density at radius 3 is 0.897 bits per heavy atom. The van der Waals surface area contributed by atoms with Gasteiger partial charge in [0.05, 0.1) is 0 Å². The third kappa shape index (κ3) is 5.53. The van der Waals surface area contributed by atoms with Crippen LogP contribution in [0.3, 0.4) is 0 Å². The largest absolute Gasteiger partial charge is 0.399 e. The lowest BCUT2D eigenvalue weighted by Gasteiger charge is -2.04. The lowest BCUT2D eigenvalue weighted by molar-refractivity contribution is 1.51. The second-order valence-corrected chi connectivity index (χ2v) is 6.69. The van der Waals surface area contributed by atoms with Crippen LogP contribution < -0.4 is 22.5 Å². The van der Waals surface area contributed by atoms with Gasteiger partial charge in [-0.3, -0.25) is 0 Å². The molecular weight excluding hydrogens is 356 g/mol. The summed E-state index contributed by atoms with van der Waals surface area (Å²) < 4.78 is 0. The predicted octanol–water partition coefficient (Wildman–Crippen LogP) is 5.50. The van der Waals surface area contributed by atoms with E-state index in [1.165, 1.54) is 11.1 Å². The van der Waals surface area contributed by atoms with E-state index in [9.17, 15) is 0 Å². The Labute approximate surface area is 172 Å². The first-order valence-corrected chi connectivity index (χ1v) is 9.40. The Hall–Kier alpha value is -3.92. The van der Waals surface area contributed by atoms with Crippen molar-refractivity contribution in [1.82, 2.24) is 0 Å². The van der Waals surface area contributed by atoms with Crippen molar-refractivity contribution in [3.05, 3.63) is 97.1 Å². The van der Waals surface area contributed by atoms with Gasteiger partial charge in [-0.1, -0.05) is 48.5 Å². The fourth-order valence-electron chi connectivity index (χ4n) is 2.86. The summed E-state index contributed by atoms with van der Waals surface area (Å²) in [7, 11) is 1.91. The molecule has 4 aromatic rings. The lowest BCUT2D eigenvalue weighted by atomic mass is 10.1. The van der Waals surface area contributed by atoms with Gasteiger partial charge in [-0.15, -0.1) is 0 Å². The van der Waals surface area contributed by atoms with Crippen molar-refractivity contribution in [2.24, 2.45) is 0 Å². The highest BCUT2D eigenvalue weighted by atomic mass is 14.8. The molecule has 0 fully saturated rings. The molecule has 4 rings (SSSR count). The number of hydrogen-bond acceptors (Lipinski definition) is 4. The standard InChI is InChI=1S/C13H14N2.C12H12N2/c1-15-13-8-4-11(5-9-13)10-2-6-12(14)7-3-10;13-11-5-1-9(2-6-11)10-3-7-12(14)8-4-10/h2-9,15H,14H2,1H3;1-8H,13-14H2. The van der Waals surface area contributed by atoms with E-state index in [-0.39, 0.29) is 0 Å². The number of anilines is 4. The summed E-state index contributed by atoms with van der Waals surface area (Å²) >= 11 is 0. The van der Waals surface area contributed by atoms with Gasteiger partial charge in [0.25, 0.3) is 0 Å². The molecular formula is C25H26N4. The van der Waals surface area contributed by atoms with Crippen LogP contribution in [0.25, 0.3) is 22.3 Å². The van der Waals surface area contributed by atoms with Gasteiger partial charge < -0.3 is 22.5 Å². The number of benzene rings is 4. The summed E-state index contributed by atoms with van der Waals surface area (Å²) in [6.07, 6.45) is 0. The predicted molar refractivity (Wildman–Crippen MR) is 127 cm³/mol. The highest BCUT2D eigenvalue weighted by Crippen LogP contribution is 2.22. The smallest absolute Gasteiger partial charge is 0.0337 e. The zero-order valence-corrected chi connectivity index (χ0v) is 16.5. The molecule has 4 aromatic carbocycles. The Kier molecular flexibility index (Phi) is 6.38. The summed E-state index contributed by atoms with van der Waals surface area (Å²) in [5, 5.41) is 3.09. The number of hydrogen-bond donors (Lipinski definition) is 4. The topological polar surface area (TPSA) is 90.1 Å². The van der Waals surface area contributed by atoms with Crippen LogP contribution >= 0.6 is 0 Å². The van der Waals surface area contributed by atoms with Crippen molar-refractivity contribution < 1.29 is 0 Å². The van der Waals surface area contributed by atoms with Gasteiger partial charge in [0.1, 0.15) is 0 Å². The molecule has 0 radical (unpaired) electrons. The van der Waals surface area contributed by atoms with Crippen LogP contribution in [0.2, 0.25) is 0 Å². The van der Waals surface area contributed by atoms with Crippen molar-refractivity contribution in [2.45, 2.75) is 0 Å². The summed E-state index contributed by atoms with van der Waals surface area (Å²) in [6.45, 7) is 0. The van der Waals surface area contributed by atoms with Gasteiger partial charge in [0.15, 0.2) is 0 Å². The second-order valence-electron chi connectivity index (χ2n) is 6.69. The minimum absolute atomic E-state index is 0.782. The lowest BCUT2D eigenvalue weighted by Crippen LogP contribution is -1.87. The third-order valence-electron chi connectivity index (χ3n) is 4.57. The summed E-state index contributed by atoms with van der Waals surface area (Å²) in [4.78, 5) is 0. The Morgan fingerprint density at radius 2 is 0.655 bits per heavy atom. The zero-order valence-electron chi connectivity index (χ0n) is 16.5. The van der Waals surface area contributed by atoms with Crippen LogP contribution in [0.1, 0.15) is 0 Å². The molecule has 0 aliphatic heterocycles. The second kappa shape index (κ2) is 9.33. The first kappa shape index (κ1) is 19.8. The Bertz CT molecular complexity index is 977. The zero-order chi connectivity index (χ0) is 20.6. The molecule has 4 nitrogen and oxygen atoms in total. The molecule has 0 aliphatic rings. The van der Waals surface area contributed by atoms with Crippen molar-refractivity contribution in [1.29, 1.82) is 0 Å². The van der Waals surface area contributed by atoms with Gasteiger partial charge >= 0.3 is 0 Å². The van der Waals surface area contributed by atoms with E-state index < -0.39 is 0 Å². The molecule has 7 N–H and O–H groups in total. The normalized spacial score (nSPS) is 9.97. The monoisotopic (exact) mass is 382 g/mol. The summed E-state index contributed by atoms with van der Waals surface area (Å²) in [6, 6.07) is 31.8. The van der Waals surface area contributed by atoms with Crippen molar-refractivity contribution in [3.8, 4) is 22.3 Å². The molecule has 0 unspecified atom stereocenters. The van der Waals surface area contributed by atoms with Crippen molar-refractivity contribution >= 4 is 22.7 Å². The van der Waals surface area contributed by atoms with Crippen LogP contribution in [0.15, 0.2) is 97.1 Å². The quantitative estimate of drug-likeness (QED) is 0.352. The van der Waals surface area contributed by atoms with Crippen LogP contribution in [0.5, 0.6) is 0 Å². The molecule has 0 aliphatic carbocycles. The van der Waals surface area contributed by atoms with E-state index in [0.717, 1.165) is 33.9 Å². The molecule has 0 spiro atoms. The van der Waals surface area contributed by atoms with E-state index in [2.05, 4.69) is 29.6 Å². The first-order chi connectivity index (χ1) is 14.0. The van der Waals surface area contributed by atoms with Crippen LogP contribution in [-0.2, 0) is 0 Å². The van der Waals surface area contributed by atoms with Gasteiger partial charge in [-0.2, -0.15) is 0 Å². The van der Waals surface area contributed by atoms with E-state index in [4.69, 9.17) is 17.2 Å². The molecule has 0 atom stereocenters. The van der Waals surface area contributed by atoms with Gasteiger partial charge in [-0.25, -0.2) is 0 Å². The number of rotatable bonds is 3. The highest BCUT2D eigenvalue weighted by Gasteiger charge is 1.97. The van der Waals surface area contributed by atoms with Crippen molar-refractivity contribution in [2.75, 3.05) is 29.6 Å². The molecule has 0 saturated heterocycles. The summed E-state index contributed by atoms with van der Waals surface area (Å²) in [5.74, 6) is 0. The maximum Gasteiger partial charge on any atom is 0.0337 e. The van der Waals surface area contributed by atoms with E-state index >= 15 is 0 Å². The number of nitrogens with two attached hydrogens (primary N) is 3. The maximum absolute atomic E-state index is 5.64. The average molecular weight is 383 g/mol. The van der Waals surface area contributed by atoms with Crippen LogP contribution in [0, 0.1) is 0 Å². The molecule has 0 saturated carbocycles. The molecule has 0 aromatic heterocycles. The molecule has 0 bridgehead atoms. The Balaban J connectivity index is 0.000000166. The maximum atomic E-state index is 5.64. The first-order valence-electron chi connectivity index (χ1n) is 9.40. The Morgan fingerprint density at radius 1 is 0.414 bits per heavy atom. The van der Waals surface area contributed by atoms with Gasteiger partial charge in [0.2, 0.25) is 0 Å². The number of nitrogens with one attached hydrogen (secondary N) is 1.